The summed E-state index contributed by atoms with van der Waals surface area (Å²) < 4.78 is 0. The Morgan fingerprint density at radius 2 is 0.970 bits per heavy atom. The molecule has 0 N–H and O–H groups in total. The average Bonchev–Trinajstić information content (AvgIpc) is 2.73. The van der Waals surface area contributed by atoms with E-state index in [0.29, 0.717) is 0 Å². The molecule has 0 aliphatic carbocycles. The van der Waals surface area contributed by atoms with Crippen molar-refractivity contribution >= 4 is 63.5 Å². The van der Waals surface area contributed by atoms with Gasteiger partial charge in [-0.2, -0.15) is 0 Å². The van der Waals surface area contributed by atoms with Crippen LogP contribution in [0.3, 0.4) is 0 Å². The minimum absolute atomic E-state index is 0.874. The van der Waals surface area contributed by atoms with E-state index in [0.717, 1.165) is 34.2 Å². The van der Waals surface area contributed by atoms with Crippen molar-refractivity contribution in [3.05, 3.63) is 87.2 Å². The summed E-state index contributed by atoms with van der Waals surface area (Å²) in [5.41, 5.74) is 12.9. The van der Waals surface area contributed by atoms with Crippen LogP contribution in [-0.4, -0.2) is 16.4 Å². The van der Waals surface area contributed by atoms with E-state index in [1.54, 1.807) is 0 Å². The van der Waals surface area contributed by atoms with Gasteiger partial charge in [0, 0.05) is 0 Å². The number of nitrogens with zero attached hydrogens (tertiary/aromatic N) is 3. The van der Waals surface area contributed by atoms with Crippen LogP contribution in [0.1, 0.15) is 58.6 Å². The monoisotopic (exact) mass is 707 g/mol. The second kappa shape index (κ2) is 13.1. The number of halogens is 2. The first-order valence-corrected chi connectivity index (χ1v) is 17.8. The number of aliphatic imine (C=N–C) groups is 2. The first-order valence-electron chi connectivity index (χ1n) is 10.7. The van der Waals surface area contributed by atoms with E-state index in [4.69, 9.17) is 15.0 Å². The van der Waals surface area contributed by atoms with Gasteiger partial charge in [0.15, 0.2) is 0 Å². The fourth-order valence-corrected chi connectivity index (χ4v) is 3.99. The van der Waals surface area contributed by atoms with E-state index < -0.39 is 0 Å². The molecule has 0 amide bonds. The number of aromatic nitrogens is 1. The topological polar surface area (TPSA) is 37.6 Å². The van der Waals surface area contributed by atoms with Crippen LogP contribution in [0.5, 0.6) is 0 Å². The quantitative estimate of drug-likeness (QED) is 0.152. The molecular formula is C27H31FeI2N3. The van der Waals surface area contributed by atoms with Crippen molar-refractivity contribution in [2.75, 3.05) is 0 Å². The molecule has 3 aromatic rings. The van der Waals surface area contributed by atoms with Crippen LogP contribution in [0, 0.1) is 41.5 Å². The molecule has 176 valence electrons. The SMILES string of the molecule is CC(=Nc1c(C)cc(C)cc1C)c1cccc(C(C)=Nc2c(C)cc(C)cc2C)n1.[I][Fe][I]. The third kappa shape index (κ3) is 7.98. The van der Waals surface area contributed by atoms with Gasteiger partial charge in [-0.25, -0.2) is 4.98 Å². The van der Waals surface area contributed by atoms with E-state index in [-0.39, 0.29) is 0 Å². The summed E-state index contributed by atoms with van der Waals surface area (Å²) in [6, 6.07) is 14.7. The Bertz CT molecular complexity index is 1060. The third-order valence-corrected chi connectivity index (χ3v) is 5.32. The Morgan fingerprint density at radius 3 is 1.27 bits per heavy atom. The van der Waals surface area contributed by atoms with Gasteiger partial charge in [0.25, 0.3) is 0 Å². The van der Waals surface area contributed by atoms with E-state index in [1.165, 1.54) is 41.8 Å². The Labute approximate surface area is 227 Å². The maximum atomic E-state index is 4.91. The first-order chi connectivity index (χ1) is 15.6. The molecule has 1 heterocycles. The summed E-state index contributed by atoms with van der Waals surface area (Å²) in [5.74, 6) is 0. The zero-order valence-electron chi connectivity index (χ0n) is 20.5. The summed E-state index contributed by atoms with van der Waals surface area (Å²) in [7, 11) is 1.19. The summed E-state index contributed by atoms with van der Waals surface area (Å²) in [6.45, 7) is 16.7. The zero-order valence-corrected chi connectivity index (χ0v) is 25.9. The van der Waals surface area contributed by atoms with Crippen molar-refractivity contribution in [2.24, 2.45) is 9.98 Å². The molecule has 0 aliphatic heterocycles. The van der Waals surface area contributed by atoms with Crippen LogP contribution in [0.15, 0.2) is 52.4 Å². The molecule has 0 spiro atoms. The fraction of sp³-hybridized carbons (Fsp3) is 0.296. The minimum atomic E-state index is 0.874. The number of hydrogen-bond acceptors (Lipinski definition) is 3. The van der Waals surface area contributed by atoms with E-state index in [1.807, 2.05) is 32.0 Å². The van der Waals surface area contributed by atoms with Gasteiger partial charge in [-0.1, -0.05) is 41.5 Å². The van der Waals surface area contributed by atoms with Crippen LogP contribution >= 0.6 is 40.7 Å². The van der Waals surface area contributed by atoms with Gasteiger partial charge in [0.1, 0.15) is 0 Å². The van der Waals surface area contributed by atoms with Gasteiger partial charge in [0.05, 0.1) is 34.2 Å². The first kappa shape index (κ1) is 28.1. The molecule has 1 aromatic heterocycles. The normalized spacial score (nSPS) is 11.9. The number of hydrogen-bond donors (Lipinski definition) is 0. The Morgan fingerprint density at radius 1 is 0.667 bits per heavy atom. The molecule has 0 fully saturated rings. The fourth-order valence-electron chi connectivity index (χ4n) is 3.99. The number of rotatable bonds is 4. The Balaban J connectivity index is 0.00000122. The molecular weight excluding hydrogens is 676 g/mol. The molecule has 0 unspecified atom stereocenters. The van der Waals surface area contributed by atoms with Crippen molar-refractivity contribution in [3.63, 3.8) is 0 Å². The number of pyridine rings is 1. The molecule has 0 bridgehead atoms. The van der Waals surface area contributed by atoms with Crippen LogP contribution in [-0.2, 0) is 8.46 Å². The van der Waals surface area contributed by atoms with Gasteiger partial charge >= 0.3 is 49.1 Å². The number of aryl methyl sites for hydroxylation is 6. The second-order valence-electron chi connectivity index (χ2n) is 8.35. The second-order valence-corrected chi connectivity index (χ2v) is 17.7. The molecule has 2 aromatic carbocycles. The van der Waals surface area contributed by atoms with Gasteiger partial charge in [0.2, 0.25) is 0 Å². The van der Waals surface area contributed by atoms with E-state index >= 15 is 0 Å². The Hall–Kier alpha value is -1.09. The van der Waals surface area contributed by atoms with Crippen LogP contribution < -0.4 is 0 Å². The van der Waals surface area contributed by atoms with Crippen molar-refractivity contribution < 1.29 is 8.46 Å². The summed E-state index contributed by atoms with van der Waals surface area (Å²) in [5, 5.41) is 0. The van der Waals surface area contributed by atoms with Crippen molar-refractivity contribution in [1.82, 2.24) is 4.98 Å². The third-order valence-electron chi connectivity index (χ3n) is 5.32. The molecule has 6 heteroatoms. The molecule has 33 heavy (non-hydrogen) atoms. The van der Waals surface area contributed by atoms with Crippen molar-refractivity contribution in [2.45, 2.75) is 55.4 Å². The predicted molar refractivity (Wildman–Crippen MR) is 157 cm³/mol. The molecule has 0 radical (unpaired) electrons. The van der Waals surface area contributed by atoms with Gasteiger partial charge in [-0.15, -0.1) is 0 Å². The zero-order chi connectivity index (χ0) is 24.7. The van der Waals surface area contributed by atoms with Crippen molar-refractivity contribution in [3.8, 4) is 0 Å². The molecule has 0 saturated heterocycles. The standard InChI is InChI=1S/C27H31N3.Fe.2HI/c1-16-12-18(3)26(19(4)13-16)28-22(7)24-10-9-11-25(30-24)23(8)29-27-20(5)14-17(2)15-21(27)6;;;/h9-15H,1-8H3;;2*1H/q;+2;;/p-2. The summed E-state index contributed by atoms with van der Waals surface area (Å²) in [6.07, 6.45) is 0. The van der Waals surface area contributed by atoms with E-state index in [9.17, 15) is 0 Å². The average molecular weight is 707 g/mol. The maximum absolute atomic E-state index is 4.91. The van der Waals surface area contributed by atoms with Gasteiger partial charge < -0.3 is 0 Å². The number of benzene rings is 2. The summed E-state index contributed by atoms with van der Waals surface area (Å²) >= 11 is 4.55. The van der Waals surface area contributed by atoms with Crippen LogP contribution in [0.4, 0.5) is 11.4 Å². The van der Waals surface area contributed by atoms with Gasteiger partial charge in [-0.3, -0.25) is 9.98 Å². The predicted octanol–water partition coefficient (Wildman–Crippen LogP) is 8.98. The van der Waals surface area contributed by atoms with Gasteiger partial charge in [-0.05, 0) is 89.8 Å². The van der Waals surface area contributed by atoms with Crippen LogP contribution in [0.25, 0.3) is 0 Å². The molecule has 0 aliphatic rings. The van der Waals surface area contributed by atoms with Crippen LogP contribution in [0.2, 0.25) is 0 Å². The molecule has 3 nitrogen and oxygen atoms in total. The summed E-state index contributed by atoms with van der Waals surface area (Å²) in [4.78, 5) is 14.7. The molecule has 3 rings (SSSR count). The van der Waals surface area contributed by atoms with Crippen molar-refractivity contribution in [1.29, 1.82) is 0 Å². The van der Waals surface area contributed by atoms with E-state index in [2.05, 4.69) is 106 Å². The molecule has 0 atom stereocenters. The molecule has 0 saturated carbocycles. The Kier molecular flexibility index (Phi) is 11.2.